The molecule has 0 amide bonds. The van der Waals surface area contributed by atoms with E-state index in [1.807, 2.05) is 10.9 Å². The van der Waals surface area contributed by atoms with E-state index in [1.54, 1.807) is 6.07 Å². The summed E-state index contributed by atoms with van der Waals surface area (Å²) in [6.45, 7) is 5.85. The average Bonchev–Trinajstić information content (AvgIpc) is 2.71. The van der Waals surface area contributed by atoms with Gasteiger partial charge in [0.05, 0.1) is 19.3 Å². The Kier molecular flexibility index (Phi) is 6.70. The number of nitrogens with zero attached hydrogens (tertiary/aromatic N) is 2. The Hall–Kier alpha value is -1.03. The van der Waals surface area contributed by atoms with Gasteiger partial charge in [0, 0.05) is 6.20 Å². The third-order valence-corrected chi connectivity index (χ3v) is 2.85. The maximum atomic E-state index is 5.73. The van der Waals surface area contributed by atoms with Gasteiger partial charge in [-0.2, -0.15) is 5.10 Å². The van der Waals surface area contributed by atoms with E-state index in [4.69, 9.17) is 10.5 Å². The first kappa shape index (κ1) is 14.0. The molecule has 98 valence electrons. The fraction of sp³-hybridized carbons (Fsp3) is 0.769. The highest BCUT2D eigenvalue weighted by Crippen LogP contribution is 2.07. The third kappa shape index (κ3) is 6.31. The standard InChI is InChI=1S/C13H25N3O/c1-3-4-5-6-7-12(2)17-11-10-16-9-8-13(14)15-16/h8-9,12H,3-7,10-11H2,1-2H3,(H2,14,15). The summed E-state index contributed by atoms with van der Waals surface area (Å²) < 4.78 is 7.55. The van der Waals surface area contributed by atoms with Crippen LogP contribution in [-0.4, -0.2) is 22.5 Å². The van der Waals surface area contributed by atoms with Crippen molar-refractivity contribution < 1.29 is 4.74 Å². The number of hydrogen-bond acceptors (Lipinski definition) is 3. The van der Waals surface area contributed by atoms with Gasteiger partial charge in [-0.15, -0.1) is 0 Å². The van der Waals surface area contributed by atoms with Crippen LogP contribution >= 0.6 is 0 Å². The van der Waals surface area contributed by atoms with Crippen molar-refractivity contribution in [1.29, 1.82) is 0 Å². The van der Waals surface area contributed by atoms with Crippen molar-refractivity contribution in [3.05, 3.63) is 12.3 Å². The molecule has 1 heterocycles. The molecule has 4 nitrogen and oxygen atoms in total. The summed E-state index contributed by atoms with van der Waals surface area (Å²) in [6.07, 6.45) is 8.59. The number of nitrogen functional groups attached to an aromatic ring is 1. The van der Waals surface area contributed by atoms with E-state index < -0.39 is 0 Å². The van der Waals surface area contributed by atoms with Crippen molar-refractivity contribution in [2.24, 2.45) is 0 Å². The molecule has 2 N–H and O–H groups in total. The van der Waals surface area contributed by atoms with E-state index in [-0.39, 0.29) is 0 Å². The summed E-state index contributed by atoms with van der Waals surface area (Å²) in [5.41, 5.74) is 5.53. The molecular weight excluding hydrogens is 214 g/mol. The summed E-state index contributed by atoms with van der Waals surface area (Å²) >= 11 is 0. The van der Waals surface area contributed by atoms with Gasteiger partial charge in [0.2, 0.25) is 0 Å². The normalized spacial score (nSPS) is 12.8. The zero-order valence-electron chi connectivity index (χ0n) is 11.1. The monoisotopic (exact) mass is 239 g/mol. The van der Waals surface area contributed by atoms with Crippen LogP contribution in [0, 0.1) is 0 Å². The highest BCUT2D eigenvalue weighted by molar-refractivity contribution is 5.23. The second-order valence-corrected chi connectivity index (χ2v) is 4.53. The number of rotatable bonds is 9. The quantitative estimate of drug-likeness (QED) is 0.674. The lowest BCUT2D eigenvalue weighted by molar-refractivity contribution is 0.0516. The Bertz CT molecular complexity index is 299. The van der Waals surface area contributed by atoms with E-state index in [9.17, 15) is 0 Å². The van der Waals surface area contributed by atoms with Gasteiger partial charge in [-0.25, -0.2) is 0 Å². The van der Waals surface area contributed by atoms with Crippen molar-refractivity contribution in [2.45, 2.75) is 58.6 Å². The Morgan fingerprint density at radius 3 is 2.88 bits per heavy atom. The summed E-state index contributed by atoms with van der Waals surface area (Å²) in [5.74, 6) is 0.567. The Morgan fingerprint density at radius 2 is 2.24 bits per heavy atom. The Balaban J connectivity index is 2.02. The SMILES string of the molecule is CCCCCCC(C)OCCn1ccc(N)n1. The average molecular weight is 239 g/mol. The van der Waals surface area contributed by atoms with Crippen LogP contribution in [-0.2, 0) is 11.3 Å². The van der Waals surface area contributed by atoms with Gasteiger partial charge in [-0.1, -0.05) is 32.6 Å². The predicted molar refractivity (Wildman–Crippen MR) is 70.8 cm³/mol. The van der Waals surface area contributed by atoms with Gasteiger partial charge in [-0.05, 0) is 19.4 Å². The van der Waals surface area contributed by atoms with E-state index in [1.165, 1.54) is 25.7 Å². The Morgan fingerprint density at radius 1 is 1.41 bits per heavy atom. The van der Waals surface area contributed by atoms with Crippen LogP contribution in [0.4, 0.5) is 5.82 Å². The lowest BCUT2D eigenvalue weighted by Gasteiger charge is -2.12. The molecule has 1 atom stereocenters. The lowest BCUT2D eigenvalue weighted by Crippen LogP contribution is -2.13. The van der Waals surface area contributed by atoms with Gasteiger partial charge in [0.15, 0.2) is 0 Å². The van der Waals surface area contributed by atoms with Gasteiger partial charge in [-0.3, -0.25) is 4.68 Å². The first-order chi connectivity index (χ1) is 8.22. The maximum Gasteiger partial charge on any atom is 0.145 e. The number of anilines is 1. The van der Waals surface area contributed by atoms with Gasteiger partial charge in [0.1, 0.15) is 5.82 Å². The number of hydrogen-bond donors (Lipinski definition) is 1. The molecule has 1 unspecified atom stereocenters. The minimum atomic E-state index is 0.347. The van der Waals surface area contributed by atoms with Crippen molar-refractivity contribution >= 4 is 5.82 Å². The molecular formula is C13H25N3O. The molecule has 0 saturated heterocycles. The molecule has 0 fully saturated rings. The topological polar surface area (TPSA) is 53.1 Å². The van der Waals surface area contributed by atoms with Crippen molar-refractivity contribution in [3.63, 3.8) is 0 Å². The second-order valence-electron chi connectivity index (χ2n) is 4.53. The predicted octanol–water partition coefficient (Wildman–Crippen LogP) is 2.84. The first-order valence-corrected chi connectivity index (χ1v) is 6.63. The van der Waals surface area contributed by atoms with E-state index in [0.717, 1.165) is 13.0 Å². The fourth-order valence-electron chi connectivity index (χ4n) is 1.79. The fourth-order valence-corrected chi connectivity index (χ4v) is 1.79. The molecule has 0 aromatic carbocycles. The van der Waals surface area contributed by atoms with Gasteiger partial charge in [0.25, 0.3) is 0 Å². The van der Waals surface area contributed by atoms with Crippen LogP contribution in [0.5, 0.6) is 0 Å². The number of unbranched alkanes of at least 4 members (excludes halogenated alkanes) is 3. The molecule has 0 spiro atoms. The van der Waals surface area contributed by atoms with E-state index in [0.29, 0.717) is 18.5 Å². The zero-order valence-corrected chi connectivity index (χ0v) is 11.1. The molecule has 0 radical (unpaired) electrons. The molecule has 0 aliphatic carbocycles. The highest BCUT2D eigenvalue weighted by atomic mass is 16.5. The minimum absolute atomic E-state index is 0.347. The minimum Gasteiger partial charge on any atom is -0.382 e. The summed E-state index contributed by atoms with van der Waals surface area (Å²) in [5, 5.41) is 4.11. The molecule has 1 rings (SSSR count). The van der Waals surface area contributed by atoms with Gasteiger partial charge >= 0.3 is 0 Å². The highest BCUT2D eigenvalue weighted by Gasteiger charge is 2.02. The van der Waals surface area contributed by atoms with Crippen LogP contribution in [0.3, 0.4) is 0 Å². The molecule has 1 aromatic heterocycles. The molecule has 0 bridgehead atoms. The summed E-state index contributed by atoms with van der Waals surface area (Å²) in [4.78, 5) is 0. The van der Waals surface area contributed by atoms with Gasteiger partial charge < -0.3 is 10.5 Å². The maximum absolute atomic E-state index is 5.73. The van der Waals surface area contributed by atoms with Crippen molar-refractivity contribution in [3.8, 4) is 0 Å². The van der Waals surface area contributed by atoms with Crippen LogP contribution in [0.25, 0.3) is 0 Å². The number of ether oxygens (including phenoxy) is 1. The molecule has 0 aliphatic rings. The molecule has 0 aliphatic heterocycles. The van der Waals surface area contributed by atoms with Crippen molar-refractivity contribution in [1.82, 2.24) is 9.78 Å². The third-order valence-electron chi connectivity index (χ3n) is 2.85. The summed E-state index contributed by atoms with van der Waals surface area (Å²) in [6, 6.07) is 1.80. The van der Waals surface area contributed by atoms with Crippen LogP contribution < -0.4 is 5.73 Å². The van der Waals surface area contributed by atoms with E-state index in [2.05, 4.69) is 18.9 Å². The molecule has 4 heteroatoms. The van der Waals surface area contributed by atoms with Crippen LogP contribution in [0.2, 0.25) is 0 Å². The number of aromatic nitrogens is 2. The van der Waals surface area contributed by atoms with Crippen molar-refractivity contribution in [2.75, 3.05) is 12.3 Å². The molecule has 17 heavy (non-hydrogen) atoms. The van der Waals surface area contributed by atoms with Crippen LogP contribution in [0.1, 0.15) is 46.0 Å². The lowest BCUT2D eigenvalue weighted by atomic mass is 10.1. The second kappa shape index (κ2) is 8.12. The summed E-state index contributed by atoms with van der Waals surface area (Å²) in [7, 11) is 0. The first-order valence-electron chi connectivity index (χ1n) is 6.63. The molecule has 0 saturated carbocycles. The largest absolute Gasteiger partial charge is 0.382 e. The van der Waals surface area contributed by atoms with Crippen LogP contribution in [0.15, 0.2) is 12.3 Å². The smallest absolute Gasteiger partial charge is 0.145 e. The number of nitrogens with two attached hydrogens (primary N) is 1. The molecule has 1 aromatic rings. The van der Waals surface area contributed by atoms with E-state index >= 15 is 0 Å². The zero-order chi connectivity index (χ0) is 12.5. The Labute approximate surface area is 104 Å².